The number of carbonyl (C=O) groups is 2. The number of aromatic nitrogens is 1. The van der Waals surface area contributed by atoms with E-state index >= 15 is 0 Å². The molecule has 2 aromatic heterocycles. The fourth-order valence-corrected chi connectivity index (χ4v) is 3.81. The number of carbonyl (C=O) groups excluding carboxylic acids is 2. The van der Waals surface area contributed by atoms with Gasteiger partial charge in [0, 0.05) is 38.9 Å². The van der Waals surface area contributed by atoms with Gasteiger partial charge in [-0.2, -0.15) is 5.10 Å². The quantitative estimate of drug-likeness (QED) is 0.314. The highest BCUT2D eigenvalue weighted by molar-refractivity contribution is 7.11. The first-order chi connectivity index (χ1) is 13.7. The molecule has 0 unspecified atom stereocenters. The molecule has 0 saturated carbocycles. The van der Waals surface area contributed by atoms with Crippen LogP contribution in [0.4, 0.5) is 5.69 Å². The number of hydrazone groups is 1. The van der Waals surface area contributed by atoms with Crippen molar-refractivity contribution in [1.29, 1.82) is 0 Å². The Morgan fingerprint density at radius 1 is 1.04 bits per heavy atom. The first-order valence-electron chi connectivity index (χ1n) is 8.86. The Balaban J connectivity index is 1.53. The lowest BCUT2D eigenvalue weighted by Gasteiger charge is -2.06. The van der Waals surface area contributed by atoms with Gasteiger partial charge < -0.3 is 9.88 Å². The van der Waals surface area contributed by atoms with Crippen molar-refractivity contribution in [1.82, 2.24) is 9.99 Å². The number of thiophene rings is 1. The Labute approximate surface area is 165 Å². The lowest BCUT2D eigenvalue weighted by Crippen LogP contribution is -2.32. The molecule has 4 aromatic rings. The van der Waals surface area contributed by atoms with E-state index in [2.05, 4.69) is 39.5 Å². The number of hydrogen-bond acceptors (Lipinski definition) is 4. The molecule has 0 aliphatic carbocycles. The van der Waals surface area contributed by atoms with E-state index in [4.69, 9.17) is 0 Å². The highest BCUT2D eigenvalue weighted by Crippen LogP contribution is 2.30. The molecule has 0 saturated heterocycles. The maximum absolute atomic E-state index is 12.2. The van der Waals surface area contributed by atoms with Crippen LogP contribution in [0.25, 0.3) is 21.8 Å². The third kappa shape index (κ3) is 3.39. The minimum atomic E-state index is -0.816. The van der Waals surface area contributed by atoms with Crippen molar-refractivity contribution >= 4 is 56.9 Å². The average Bonchev–Trinajstić information content (AvgIpc) is 3.33. The van der Waals surface area contributed by atoms with Crippen molar-refractivity contribution in [3.05, 3.63) is 64.9 Å². The molecule has 28 heavy (non-hydrogen) atoms. The second kappa shape index (κ2) is 7.66. The zero-order valence-corrected chi connectivity index (χ0v) is 16.0. The van der Waals surface area contributed by atoms with E-state index < -0.39 is 11.8 Å². The molecular formula is C21H18N4O2S. The number of anilines is 1. The van der Waals surface area contributed by atoms with Crippen LogP contribution < -0.4 is 10.7 Å². The van der Waals surface area contributed by atoms with Crippen LogP contribution in [0.3, 0.4) is 0 Å². The summed E-state index contributed by atoms with van der Waals surface area (Å²) in [5, 5.41) is 10.5. The summed E-state index contributed by atoms with van der Waals surface area (Å²) >= 11 is 1.49. The highest BCUT2D eigenvalue weighted by atomic mass is 32.1. The maximum Gasteiger partial charge on any atom is 0.329 e. The largest absolute Gasteiger partial charge is 0.341 e. The predicted octanol–water partition coefficient (Wildman–Crippen LogP) is 3.96. The van der Waals surface area contributed by atoms with Gasteiger partial charge in [-0.25, -0.2) is 5.43 Å². The summed E-state index contributed by atoms with van der Waals surface area (Å²) < 4.78 is 2.22. The Morgan fingerprint density at radius 2 is 1.86 bits per heavy atom. The number of benzene rings is 2. The number of amides is 2. The van der Waals surface area contributed by atoms with Gasteiger partial charge in [-0.3, -0.25) is 9.59 Å². The molecule has 6 nitrogen and oxygen atoms in total. The van der Waals surface area contributed by atoms with E-state index in [0.29, 0.717) is 5.69 Å². The topological polar surface area (TPSA) is 75.5 Å². The minimum absolute atomic E-state index is 0.564. The summed E-state index contributed by atoms with van der Waals surface area (Å²) in [6.45, 7) is 2.95. The molecule has 2 amide bonds. The number of rotatable bonds is 4. The van der Waals surface area contributed by atoms with E-state index in [-0.39, 0.29) is 0 Å². The summed E-state index contributed by atoms with van der Waals surface area (Å²) in [5.41, 5.74) is 5.04. The van der Waals surface area contributed by atoms with Crippen molar-refractivity contribution in [2.75, 3.05) is 5.32 Å². The normalized spacial score (nSPS) is 11.3. The van der Waals surface area contributed by atoms with Crippen LogP contribution in [-0.2, 0) is 16.1 Å². The van der Waals surface area contributed by atoms with Gasteiger partial charge in [-0.1, -0.05) is 24.3 Å². The van der Waals surface area contributed by atoms with Crippen LogP contribution in [0.1, 0.15) is 11.8 Å². The molecule has 4 rings (SSSR count). The van der Waals surface area contributed by atoms with Crippen LogP contribution in [0.15, 0.2) is 65.1 Å². The van der Waals surface area contributed by atoms with Crippen molar-refractivity contribution in [2.24, 2.45) is 5.10 Å². The smallest absolute Gasteiger partial charge is 0.329 e. The Kier molecular flexibility index (Phi) is 4.90. The summed E-state index contributed by atoms with van der Waals surface area (Å²) in [6, 6.07) is 17.5. The molecule has 0 atom stereocenters. The van der Waals surface area contributed by atoms with Crippen LogP contribution in [0.5, 0.6) is 0 Å². The molecule has 2 N–H and O–H groups in total. The summed E-state index contributed by atoms with van der Waals surface area (Å²) in [7, 11) is 0. The Morgan fingerprint density at radius 3 is 2.64 bits per heavy atom. The lowest BCUT2D eigenvalue weighted by molar-refractivity contribution is -0.136. The fourth-order valence-electron chi connectivity index (χ4n) is 3.23. The Bertz CT molecular complexity index is 1190. The number of nitrogens with zero attached hydrogens (tertiary/aromatic N) is 2. The Hall–Kier alpha value is -3.45. The van der Waals surface area contributed by atoms with Gasteiger partial charge in [0.15, 0.2) is 0 Å². The first-order valence-corrected chi connectivity index (χ1v) is 9.74. The second-order valence-electron chi connectivity index (χ2n) is 6.16. The third-order valence-electron chi connectivity index (χ3n) is 4.45. The second-order valence-corrected chi connectivity index (χ2v) is 7.14. The molecule has 0 fully saturated rings. The molecule has 2 heterocycles. The van der Waals surface area contributed by atoms with Gasteiger partial charge in [-0.15, -0.1) is 11.3 Å². The van der Waals surface area contributed by atoms with Crippen molar-refractivity contribution in [3.63, 3.8) is 0 Å². The average molecular weight is 390 g/mol. The van der Waals surface area contributed by atoms with Crippen molar-refractivity contribution < 1.29 is 9.59 Å². The van der Waals surface area contributed by atoms with E-state index in [9.17, 15) is 9.59 Å². The number of fused-ring (bicyclic) bond motifs is 3. The zero-order chi connectivity index (χ0) is 19.5. The van der Waals surface area contributed by atoms with Gasteiger partial charge in [-0.05, 0) is 42.6 Å². The van der Waals surface area contributed by atoms with Crippen LogP contribution in [0.2, 0.25) is 0 Å². The highest BCUT2D eigenvalue weighted by Gasteiger charge is 2.15. The van der Waals surface area contributed by atoms with Gasteiger partial charge in [0.25, 0.3) is 0 Å². The molecule has 140 valence electrons. The van der Waals surface area contributed by atoms with Crippen molar-refractivity contribution in [3.8, 4) is 0 Å². The lowest BCUT2D eigenvalue weighted by atomic mass is 10.1. The van der Waals surface area contributed by atoms with Crippen LogP contribution >= 0.6 is 11.3 Å². The molecule has 0 aliphatic heterocycles. The third-order valence-corrected chi connectivity index (χ3v) is 5.26. The van der Waals surface area contributed by atoms with Gasteiger partial charge in [0.05, 0.1) is 6.21 Å². The molecule has 7 heteroatoms. The van der Waals surface area contributed by atoms with Gasteiger partial charge in [0.2, 0.25) is 0 Å². The summed E-state index contributed by atoms with van der Waals surface area (Å²) in [6.07, 6.45) is 1.50. The van der Waals surface area contributed by atoms with Crippen LogP contribution in [0, 0.1) is 0 Å². The standard InChI is InChI=1S/C21H18N4O2S/c1-2-25-18-8-4-3-7-16(18)17-12-14(9-10-19(17)25)23-20(26)21(27)24-22-13-15-6-5-11-28-15/h3-13H,2H2,1H3,(H,23,26)(H,24,27)/b22-13-. The summed E-state index contributed by atoms with van der Waals surface area (Å²) in [4.78, 5) is 25.0. The van der Waals surface area contributed by atoms with E-state index in [1.54, 1.807) is 6.07 Å². The van der Waals surface area contributed by atoms with Crippen LogP contribution in [-0.4, -0.2) is 22.6 Å². The van der Waals surface area contributed by atoms with E-state index in [1.807, 2.05) is 41.8 Å². The summed E-state index contributed by atoms with van der Waals surface area (Å²) in [5.74, 6) is -1.58. The molecule has 0 aliphatic rings. The SMILES string of the molecule is CCn1c2ccccc2c2cc(NC(=O)C(=O)N/N=C\c3cccs3)ccc21. The first kappa shape index (κ1) is 17.9. The number of aryl methyl sites for hydroxylation is 1. The van der Waals surface area contributed by atoms with Crippen molar-refractivity contribution in [2.45, 2.75) is 13.5 Å². The monoisotopic (exact) mass is 390 g/mol. The number of para-hydroxylation sites is 1. The molecule has 0 radical (unpaired) electrons. The zero-order valence-electron chi connectivity index (χ0n) is 15.2. The number of nitrogens with one attached hydrogen (secondary N) is 2. The molecule has 0 bridgehead atoms. The van der Waals surface area contributed by atoms with Gasteiger partial charge >= 0.3 is 11.8 Å². The minimum Gasteiger partial charge on any atom is -0.341 e. The molecule has 0 spiro atoms. The van der Waals surface area contributed by atoms with E-state index in [1.165, 1.54) is 17.6 Å². The van der Waals surface area contributed by atoms with Gasteiger partial charge in [0.1, 0.15) is 0 Å². The fraction of sp³-hybridized carbons (Fsp3) is 0.0952. The predicted molar refractivity (Wildman–Crippen MR) is 114 cm³/mol. The number of hydrogen-bond donors (Lipinski definition) is 2. The maximum atomic E-state index is 12.2. The molecular weight excluding hydrogens is 372 g/mol. The molecule has 2 aromatic carbocycles. The van der Waals surface area contributed by atoms with E-state index in [0.717, 1.165) is 33.2 Å².